The van der Waals surface area contributed by atoms with Crippen molar-refractivity contribution in [1.29, 1.82) is 0 Å². The summed E-state index contributed by atoms with van der Waals surface area (Å²) in [5.41, 5.74) is 2.27. The lowest BCUT2D eigenvalue weighted by molar-refractivity contribution is 0.456. The molecule has 1 rings (SSSR count). The molecule has 0 aliphatic carbocycles. The van der Waals surface area contributed by atoms with E-state index in [0.717, 1.165) is 17.8 Å². The van der Waals surface area contributed by atoms with Gasteiger partial charge in [0.2, 0.25) is 0 Å². The fourth-order valence-electron chi connectivity index (χ4n) is 1.54. The highest BCUT2D eigenvalue weighted by Gasteiger charge is 2.21. The summed E-state index contributed by atoms with van der Waals surface area (Å²) in [6.45, 7) is 8.63. The van der Waals surface area contributed by atoms with Crippen molar-refractivity contribution < 1.29 is 0 Å². The van der Waals surface area contributed by atoms with Crippen LogP contribution >= 0.6 is 0 Å². The van der Waals surface area contributed by atoms with Gasteiger partial charge in [0.15, 0.2) is 0 Å². The fraction of sp³-hybridized carbons (Fsp3) is 0.636. The monoisotopic (exact) mass is 178 g/mol. The number of hydrogen-bond donors (Lipinski definition) is 0. The summed E-state index contributed by atoms with van der Waals surface area (Å²) in [4.78, 5) is 8.67. The van der Waals surface area contributed by atoms with Crippen molar-refractivity contribution in [2.24, 2.45) is 0 Å². The number of nitrogens with zero attached hydrogens (tertiary/aromatic N) is 2. The Kier molecular flexibility index (Phi) is 3.02. The molecule has 0 fully saturated rings. The van der Waals surface area contributed by atoms with Gasteiger partial charge in [-0.1, -0.05) is 27.2 Å². The molecule has 0 unspecified atom stereocenters. The molecule has 0 radical (unpaired) electrons. The van der Waals surface area contributed by atoms with Gasteiger partial charge in [-0.25, -0.2) is 0 Å². The Balaban J connectivity index is 2.93. The third-order valence-electron chi connectivity index (χ3n) is 2.32. The maximum atomic E-state index is 4.50. The van der Waals surface area contributed by atoms with Crippen LogP contribution in [0.15, 0.2) is 12.4 Å². The lowest BCUT2D eigenvalue weighted by atomic mass is 9.85. The van der Waals surface area contributed by atoms with Crippen LogP contribution in [0.5, 0.6) is 0 Å². The van der Waals surface area contributed by atoms with E-state index in [1.807, 2.05) is 13.1 Å². The molecule has 13 heavy (non-hydrogen) atoms. The standard InChI is InChI=1S/C11H18N2/c1-5-6-11(3,4)10-8-12-7-9(2)13-10/h7-8H,5-6H2,1-4H3. The summed E-state index contributed by atoms with van der Waals surface area (Å²) in [7, 11) is 0. The topological polar surface area (TPSA) is 25.8 Å². The SMILES string of the molecule is CCCC(C)(C)c1cncc(C)n1. The molecule has 1 heterocycles. The van der Waals surface area contributed by atoms with Crippen molar-refractivity contribution in [1.82, 2.24) is 9.97 Å². The van der Waals surface area contributed by atoms with Crippen LogP contribution in [0.25, 0.3) is 0 Å². The van der Waals surface area contributed by atoms with E-state index in [2.05, 4.69) is 30.7 Å². The molecule has 72 valence electrons. The average molecular weight is 178 g/mol. The molecule has 0 spiro atoms. The largest absolute Gasteiger partial charge is 0.261 e. The molecule has 1 aromatic rings. The van der Waals surface area contributed by atoms with Crippen LogP contribution in [0.4, 0.5) is 0 Å². The predicted molar refractivity (Wildman–Crippen MR) is 54.7 cm³/mol. The average Bonchev–Trinajstić information content (AvgIpc) is 2.04. The van der Waals surface area contributed by atoms with Crippen molar-refractivity contribution >= 4 is 0 Å². The van der Waals surface area contributed by atoms with E-state index in [-0.39, 0.29) is 5.41 Å². The highest BCUT2D eigenvalue weighted by atomic mass is 14.8. The molecule has 0 saturated carbocycles. The quantitative estimate of drug-likeness (QED) is 0.711. The molecule has 2 heteroatoms. The number of hydrogen-bond acceptors (Lipinski definition) is 2. The Morgan fingerprint density at radius 3 is 2.54 bits per heavy atom. The fourth-order valence-corrected chi connectivity index (χ4v) is 1.54. The van der Waals surface area contributed by atoms with Gasteiger partial charge in [-0.2, -0.15) is 0 Å². The van der Waals surface area contributed by atoms with Gasteiger partial charge in [0.05, 0.1) is 11.4 Å². The Labute approximate surface area is 80.4 Å². The van der Waals surface area contributed by atoms with Crippen LogP contribution < -0.4 is 0 Å². The maximum Gasteiger partial charge on any atom is 0.0646 e. The molecular formula is C11H18N2. The highest BCUT2D eigenvalue weighted by molar-refractivity contribution is 5.12. The van der Waals surface area contributed by atoms with Gasteiger partial charge in [-0.3, -0.25) is 9.97 Å². The highest BCUT2D eigenvalue weighted by Crippen LogP contribution is 2.25. The molecule has 0 amide bonds. The third-order valence-corrected chi connectivity index (χ3v) is 2.32. The molecule has 0 aliphatic heterocycles. The lowest BCUT2D eigenvalue weighted by Gasteiger charge is -2.22. The molecule has 0 saturated heterocycles. The summed E-state index contributed by atoms with van der Waals surface area (Å²) in [5, 5.41) is 0. The summed E-state index contributed by atoms with van der Waals surface area (Å²) in [6.07, 6.45) is 6.02. The summed E-state index contributed by atoms with van der Waals surface area (Å²) in [6, 6.07) is 0. The molecule has 1 aromatic heterocycles. The maximum absolute atomic E-state index is 4.50. The number of rotatable bonds is 3. The molecular weight excluding hydrogens is 160 g/mol. The zero-order chi connectivity index (χ0) is 9.90. The zero-order valence-electron chi connectivity index (χ0n) is 8.96. The van der Waals surface area contributed by atoms with Gasteiger partial charge < -0.3 is 0 Å². The van der Waals surface area contributed by atoms with Crippen molar-refractivity contribution in [3.63, 3.8) is 0 Å². The Bertz CT molecular complexity index is 279. The van der Waals surface area contributed by atoms with E-state index in [9.17, 15) is 0 Å². The second-order valence-electron chi connectivity index (χ2n) is 4.18. The second kappa shape index (κ2) is 3.86. The number of aryl methyl sites for hydroxylation is 1. The zero-order valence-corrected chi connectivity index (χ0v) is 8.96. The Morgan fingerprint density at radius 1 is 1.31 bits per heavy atom. The second-order valence-corrected chi connectivity index (χ2v) is 4.18. The molecule has 2 nitrogen and oxygen atoms in total. The molecule has 0 bridgehead atoms. The van der Waals surface area contributed by atoms with Crippen LogP contribution in [0, 0.1) is 6.92 Å². The normalized spacial score (nSPS) is 11.7. The predicted octanol–water partition coefficient (Wildman–Crippen LogP) is 2.86. The number of aromatic nitrogens is 2. The van der Waals surface area contributed by atoms with Crippen molar-refractivity contribution in [3.05, 3.63) is 23.8 Å². The molecule has 0 aromatic carbocycles. The van der Waals surface area contributed by atoms with E-state index in [1.165, 1.54) is 6.42 Å². The van der Waals surface area contributed by atoms with Gasteiger partial charge in [-0.05, 0) is 13.3 Å². The molecule has 0 aliphatic rings. The lowest BCUT2D eigenvalue weighted by Crippen LogP contribution is -2.19. The van der Waals surface area contributed by atoms with E-state index in [0.29, 0.717) is 0 Å². The van der Waals surface area contributed by atoms with Crippen LogP contribution in [0.2, 0.25) is 0 Å². The smallest absolute Gasteiger partial charge is 0.0646 e. The van der Waals surface area contributed by atoms with Crippen molar-refractivity contribution in [2.45, 2.75) is 46.0 Å². The van der Waals surface area contributed by atoms with Crippen LogP contribution in [-0.2, 0) is 5.41 Å². The molecule has 0 atom stereocenters. The van der Waals surface area contributed by atoms with Crippen LogP contribution in [0.3, 0.4) is 0 Å². The van der Waals surface area contributed by atoms with Gasteiger partial charge >= 0.3 is 0 Å². The summed E-state index contributed by atoms with van der Waals surface area (Å²) in [5.74, 6) is 0. The third kappa shape index (κ3) is 2.51. The summed E-state index contributed by atoms with van der Waals surface area (Å²) < 4.78 is 0. The van der Waals surface area contributed by atoms with Crippen LogP contribution in [-0.4, -0.2) is 9.97 Å². The van der Waals surface area contributed by atoms with E-state index in [4.69, 9.17) is 0 Å². The Hall–Kier alpha value is -0.920. The van der Waals surface area contributed by atoms with E-state index < -0.39 is 0 Å². The first-order chi connectivity index (χ1) is 6.06. The minimum Gasteiger partial charge on any atom is -0.261 e. The minimum absolute atomic E-state index is 0.160. The first-order valence-electron chi connectivity index (χ1n) is 4.85. The van der Waals surface area contributed by atoms with Crippen LogP contribution in [0.1, 0.15) is 45.0 Å². The van der Waals surface area contributed by atoms with Gasteiger partial charge in [0.25, 0.3) is 0 Å². The summed E-state index contributed by atoms with van der Waals surface area (Å²) >= 11 is 0. The van der Waals surface area contributed by atoms with Gasteiger partial charge in [0, 0.05) is 17.8 Å². The van der Waals surface area contributed by atoms with E-state index in [1.54, 1.807) is 6.20 Å². The van der Waals surface area contributed by atoms with Gasteiger partial charge in [0.1, 0.15) is 0 Å². The van der Waals surface area contributed by atoms with Crippen molar-refractivity contribution in [2.75, 3.05) is 0 Å². The first-order valence-corrected chi connectivity index (χ1v) is 4.85. The van der Waals surface area contributed by atoms with Crippen molar-refractivity contribution in [3.8, 4) is 0 Å². The first kappa shape index (κ1) is 10.2. The van der Waals surface area contributed by atoms with E-state index >= 15 is 0 Å². The minimum atomic E-state index is 0.160. The Morgan fingerprint density at radius 2 is 2.00 bits per heavy atom. The van der Waals surface area contributed by atoms with Gasteiger partial charge in [-0.15, -0.1) is 0 Å². The molecule has 0 N–H and O–H groups in total.